The number of aliphatic imine (C=N–C) groups is 1. The minimum atomic E-state index is 0.186. The van der Waals surface area contributed by atoms with Gasteiger partial charge in [-0.15, -0.1) is 4.99 Å². The molecule has 2 aliphatic heterocycles. The van der Waals surface area contributed by atoms with Crippen LogP contribution in [0, 0.1) is 11.5 Å². The monoisotopic (exact) mass is 293 g/mol. The zero-order valence-electron chi connectivity index (χ0n) is 12.9. The van der Waals surface area contributed by atoms with Crippen LogP contribution in [-0.4, -0.2) is 78.2 Å². The Morgan fingerprint density at radius 2 is 1.62 bits per heavy atom. The minimum Gasteiger partial charge on any atom is -0.396 e. The number of nitriles is 1. The number of nitrogens with zero attached hydrogens (tertiary/aromatic N) is 5. The maximum absolute atomic E-state index is 8.94. The van der Waals surface area contributed by atoms with E-state index in [9.17, 15) is 0 Å². The van der Waals surface area contributed by atoms with Crippen LogP contribution in [0.3, 0.4) is 0 Å². The molecule has 2 heterocycles. The molecule has 6 nitrogen and oxygen atoms in total. The van der Waals surface area contributed by atoms with Crippen LogP contribution < -0.4 is 0 Å². The molecule has 0 saturated carbocycles. The Hall–Kier alpha value is -1.32. The number of rotatable bonds is 7. The summed E-state index contributed by atoms with van der Waals surface area (Å²) in [6.07, 6.45) is 7.81. The minimum absolute atomic E-state index is 0.186. The van der Waals surface area contributed by atoms with Gasteiger partial charge in [-0.25, -0.2) is 0 Å². The molecule has 118 valence electrons. The van der Waals surface area contributed by atoms with E-state index in [0.29, 0.717) is 0 Å². The van der Waals surface area contributed by atoms with Crippen molar-refractivity contribution in [1.29, 1.82) is 5.26 Å². The lowest BCUT2D eigenvalue weighted by molar-refractivity contribution is 0.220. The predicted molar refractivity (Wildman–Crippen MR) is 82.8 cm³/mol. The van der Waals surface area contributed by atoms with E-state index in [2.05, 4.69) is 19.7 Å². The van der Waals surface area contributed by atoms with Gasteiger partial charge in [-0.3, -0.25) is 0 Å². The van der Waals surface area contributed by atoms with E-state index < -0.39 is 0 Å². The summed E-state index contributed by atoms with van der Waals surface area (Å²) in [5.74, 6) is 0.796. The summed E-state index contributed by atoms with van der Waals surface area (Å²) in [7, 11) is 0. The lowest BCUT2D eigenvalue weighted by Gasteiger charge is -2.27. The summed E-state index contributed by atoms with van der Waals surface area (Å²) in [5.41, 5.74) is 0. The summed E-state index contributed by atoms with van der Waals surface area (Å²) in [6, 6.07) is 0. The Bertz CT molecular complexity index is 373. The van der Waals surface area contributed by atoms with E-state index in [-0.39, 0.29) is 6.61 Å². The first kappa shape index (κ1) is 16.1. The third-order valence-corrected chi connectivity index (χ3v) is 4.29. The maximum atomic E-state index is 8.94. The van der Waals surface area contributed by atoms with Crippen LogP contribution in [0.5, 0.6) is 0 Å². The Morgan fingerprint density at radius 3 is 2.24 bits per heavy atom. The van der Waals surface area contributed by atoms with E-state index in [1.807, 2.05) is 6.19 Å². The molecule has 0 spiro atoms. The zero-order chi connectivity index (χ0) is 14.9. The van der Waals surface area contributed by atoms with Crippen LogP contribution in [0.15, 0.2) is 4.99 Å². The molecule has 0 radical (unpaired) electrons. The van der Waals surface area contributed by atoms with Crippen molar-refractivity contribution in [3.63, 3.8) is 0 Å². The van der Waals surface area contributed by atoms with E-state index in [1.54, 1.807) is 0 Å². The summed E-state index contributed by atoms with van der Waals surface area (Å²) < 4.78 is 0. The molecule has 0 aromatic rings. The molecule has 0 atom stereocenters. The van der Waals surface area contributed by atoms with Crippen LogP contribution in [0.25, 0.3) is 0 Å². The van der Waals surface area contributed by atoms with Gasteiger partial charge >= 0.3 is 0 Å². The largest absolute Gasteiger partial charge is 0.396 e. The van der Waals surface area contributed by atoms with Crippen molar-refractivity contribution in [2.45, 2.75) is 32.1 Å². The van der Waals surface area contributed by atoms with Crippen LogP contribution >= 0.6 is 0 Å². The highest BCUT2D eigenvalue weighted by Crippen LogP contribution is 2.12. The molecule has 21 heavy (non-hydrogen) atoms. The highest BCUT2D eigenvalue weighted by molar-refractivity contribution is 5.82. The molecule has 6 heteroatoms. The molecule has 2 aliphatic rings. The van der Waals surface area contributed by atoms with Crippen molar-refractivity contribution in [1.82, 2.24) is 14.7 Å². The normalized spacial score (nSPS) is 22.0. The van der Waals surface area contributed by atoms with Gasteiger partial charge in [0.15, 0.2) is 0 Å². The molecule has 0 aromatic heterocycles. The summed E-state index contributed by atoms with van der Waals surface area (Å²) >= 11 is 0. The van der Waals surface area contributed by atoms with Gasteiger partial charge < -0.3 is 19.8 Å². The highest BCUT2D eigenvalue weighted by atomic mass is 16.3. The van der Waals surface area contributed by atoms with Crippen molar-refractivity contribution in [3.05, 3.63) is 0 Å². The fourth-order valence-electron chi connectivity index (χ4n) is 3.18. The second-order valence-corrected chi connectivity index (χ2v) is 5.82. The molecule has 2 rings (SSSR count). The third-order valence-electron chi connectivity index (χ3n) is 4.29. The molecule has 0 aromatic carbocycles. The number of hydrogen-bond donors (Lipinski definition) is 1. The standard InChI is InChI=1S/C15H27N5O/c16-14-17-15-19(11-12-20(15)10-5-13-21)9-4-8-18-6-2-1-3-7-18/h21H,1-13H2/b17-15+. The topological polar surface area (TPSA) is 66.1 Å². The predicted octanol–water partition coefficient (Wildman–Crippen LogP) is 0.699. The number of aliphatic hydroxyl groups is 1. The number of likely N-dealkylation sites (tertiary alicyclic amines) is 1. The molecular formula is C15H27N5O. The Kier molecular flexibility index (Phi) is 6.77. The van der Waals surface area contributed by atoms with E-state index >= 15 is 0 Å². The molecule has 0 bridgehead atoms. The first-order valence-corrected chi connectivity index (χ1v) is 8.15. The number of piperidine rings is 1. The third kappa shape index (κ3) is 4.87. The second-order valence-electron chi connectivity index (χ2n) is 5.82. The van der Waals surface area contributed by atoms with Gasteiger partial charge in [0.2, 0.25) is 12.2 Å². The van der Waals surface area contributed by atoms with E-state index in [1.165, 1.54) is 32.4 Å². The first-order chi connectivity index (χ1) is 10.3. The SMILES string of the molecule is N#C/N=C1/N(CCCO)CCN1CCCN1CCCCC1. The lowest BCUT2D eigenvalue weighted by Crippen LogP contribution is -2.37. The Labute approximate surface area is 127 Å². The lowest BCUT2D eigenvalue weighted by atomic mass is 10.1. The van der Waals surface area contributed by atoms with Crippen molar-refractivity contribution in [2.75, 3.05) is 52.4 Å². The van der Waals surface area contributed by atoms with Gasteiger partial charge in [-0.2, -0.15) is 5.26 Å². The molecule has 2 saturated heterocycles. The zero-order valence-corrected chi connectivity index (χ0v) is 12.9. The summed E-state index contributed by atoms with van der Waals surface area (Å²) in [4.78, 5) is 10.9. The Balaban J connectivity index is 1.76. The van der Waals surface area contributed by atoms with Gasteiger partial charge in [0.05, 0.1) is 0 Å². The second kappa shape index (κ2) is 8.85. The van der Waals surface area contributed by atoms with Gasteiger partial charge in [-0.1, -0.05) is 6.42 Å². The molecule has 1 N–H and O–H groups in total. The van der Waals surface area contributed by atoms with Crippen LogP contribution in [0.4, 0.5) is 0 Å². The number of hydrogen-bond acceptors (Lipinski definition) is 4. The van der Waals surface area contributed by atoms with Gasteiger partial charge in [-0.05, 0) is 45.3 Å². The maximum Gasteiger partial charge on any atom is 0.212 e. The van der Waals surface area contributed by atoms with Crippen molar-refractivity contribution in [3.8, 4) is 6.19 Å². The quantitative estimate of drug-likeness (QED) is 0.700. The van der Waals surface area contributed by atoms with Crippen molar-refractivity contribution >= 4 is 5.96 Å². The van der Waals surface area contributed by atoms with Crippen LogP contribution in [-0.2, 0) is 0 Å². The highest BCUT2D eigenvalue weighted by Gasteiger charge is 2.25. The molecule has 0 amide bonds. The van der Waals surface area contributed by atoms with Crippen molar-refractivity contribution < 1.29 is 5.11 Å². The van der Waals surface area contributed by atoms with Crippen LogP contribution in [0.2, 0.25) is 0 Å². The Morgan fingerprint density at radius 1 is 0.952 bits per heavy atom. The molecule has 0 aliphatic carbocycles. The van der Waals surface area contributed by atoms with Crippen LogP contribution in [0.1, 0.15) is 32.1 Å². The first-order valence-electron chi connectivity index (χ1n) is 8.15. The summed E-state index contributed by atoms with van der Waals surface area (Å²) in [6.45, 7) is 7.39. The smallest absolute Gasteiger partial charge is 0.212 e. The summed E-state index contributed by atoms with van der Waals surface area (Å²) in [5, 5.41) is 17.8. The number of guanidine groups is 1. The number of aliphatic hydroxyl groups excluding tert-OH is 1. The van der Waals surface area contributed by atoms with E-state index in [4.69, 9.17) is 10.4 Å². The average Bonchev–Trinajstić information content (AvgIpc) is 2.89. The molecular weight excluding hydrogens is 266 g/mol. The molecule has 0 unspecified atom stereocenters. The van der Waals surface area contributed by atoms with E-state index in [0.717, 1.165) is 51.5 Å². The average molecular weight is 293 g/mol. The fraction of sp³-hybridized carbons (Fsp3) is 0.867. The molecule has 2 fully saturated rings. The fourth-order valence-corrected chi connectivity index (χ4v) is 3.18. The van der Waals surface area contributed by atoms with Crippen molar-refractivity contribution in [2.24, 2.45) is 4.99 Å². The van der Waals surface area contributed by atoms with Gasteiger partial charge in [0, 0.05) is 32.8 Å². The van der Waals surface area contributed by atoms with Gasteiger partial charge in [0.1, 0.15) is 0 Å². The van der Waals surface area contributed by atoms with Gasteiger partial charge in [0.25, 0.3) is 0 Å².